The summed E-state index contributed by atoms with van der Waals surface area (Å²) in [6.07, 6.45) is 1.60. The van der Waals surface area contributed by atoms with Gasteiger partial charge in [0.25, 0.3) is 11.8 Å². The van der Waals surface area contributed by atoms with E-state index in [0.717, 1.165) is 10.5 Å². The molecule has 0 saturated heterocycles. The summed E-state index contributed by atoms with van der Waals surface area (Å²) in [6, 6.07) is 30.3. The number of nitrogens with two attached hydrogens (primary N) is 1. The molecular formula is C31H28N4O5S2. The molecule has 0 aliphatic heterocycles. The Labute approximate surface area is 248 Å². The van der Waals surface area contributed by atoms with E-state index < -0.39 is 27.1 Å². The molecule has 1 unspecified atom stereocenters. The van der Waals surface area contributed by atoms with Crippen molar-refractivity contribution >= 4 is 57.0 Å². The van der Waals surface area contributed by atoms with E-state index in [-0.39, 0.29) is 16.5 Å². The summed E-state index contributed by atoms with van der Waals surface area (Å²) in [4.78, 5) is 39.4. The van der Waals surface area contributed by atoms with Crippen molar-refractivity contribution in [3.8, 4) is 0 Å². The van der Waals surface area contributed by atoms with Crippen molar-refractivity contribution in [1.29, 1.82) is 0 Å². The quantitative estimate of drug-likeness (QED) is 0.151. The topological polar surface area (TPSA) is 147 Å². The highest BCUT2D eigenvalue weighted by Gasteiger charge is 2.17. The van der Waals surface area contributed by atoms with Crippen molar-refractivity contribution in [1.82, 2.24) is 5.32 Å². The summed E-state index contributed by atoms with van der Waals surface area (Å²) < 4.78 is 22.8. The van der Waals surface area contributed by atoms with Crippen molar-refractivity contribution in [3.05, 3.63) is 126 Å². The number of nitrogens with one attached hydrogen (secondary N) is 3. The minimum absolute atomic E-state index is 0.0450. The number of thioether (sulfide) groups is 1. The van der Waals surface area contributed by atoms with Crippen LogP contribution in [0.15, 0.2) is 125 Å². The number of hydrogen-bond donors (Lipinski definition) is 4. The Morgan fingerprint density at radius 1 is 0.762 bits per heavy atom. The lowest BCUT2D eigenvalue weighted by Gasteiger charge is -2.14. The molecule has 5 N–H and O–H groups in total. The van der Waals surface area contributed by atoms with Gasteiger partial charge in [0.05, 0.1) is 10.1 Å². The SMILES string of the molecule is CC(Sc1ccc(NC(=O)/C(=C/c2ccccc2)NC(=O)c2ccccc2)cc1)C(=O)Nc1ccc(S(N)(=O)=O)cc1. The standard InChI is InChI=1S/C31H28N4O5S2/c1-21(29(36)33-25-14-18-27(19-15-25)42(32,39)40)41-26-16-12-24(13-17-26)34-31(38)28(20-22-8-4-2-5-9-22)35-30(37)23-10-6-3-7-11-23/h2-21H,1H3,(H,33,36)(H,34,38)(H,35,37)(H2,32,39,40)/b28-20-. The summed E-state index contributed by atoms with van der Waals surface area (Å²) in [6.45, 7) is 1.74. The molecule has 4 aromatic carbocycles. The van der Waals surface area contributed by atoms with E-state index >= 15 is 0 Å². The number of rotatable bonds is 10. The first-order valence-corrected chi connectivity index (χ1v) is 15.2. The van der Waals surface area contributed by atoms with Gasteiger partial charge in [-0.25, -0.2) is 13.6 Å². The van der Waals surface area contributed by atoms with E-state index in [2.05, 4.69) is 16.0 Å². The van der Waals surface area contributed by atoms with Crippen LogP contribution in [0.4, 0.5) is 11.4 Å². The van der Waals surface area contributed by atoms with E-state index in [4.69, 9.17) is 5.14 Å². The zero-order chi connectivity index (χ0) is 30.1. The van der Waals surface area contributed by atoms with Gasteiger partial charge in [-0.05, 0) is 79.2 Å². The predicted octanol–water partition coefficient (Wildman–Crippen LogP) is 4.86. The molecule has 0 bridgehead atoms. The van der Waals surface area contributed by atoms with Gasteiger partial charge < -0.3 is 16.0 Å². The fourth-order valence-electron chi connectivity index (χ4n) is 3.70. The van der Waals surface area contributed by atoms with Crippen LogP contribution in [0.2, 0.25) is 0 Å². The molecule has 0 aliphatic carbocycles. The molecule has 0 radical (unpaired) electrons. The molecule has 4 rings (SSSR count). The van der Waals surface area contributed by atoms with Gasteiger partial charge in [0.2, 0.25) is 15.9 Å². The molecule has 0 aromatic heterocycles. The molecule has 42 heavy (non-hydrogen) atoms. The first-order valence-electron chi connectivity index (χ1n) is 12.7. The van der Waals surface area contributed by atoms with Crippen LogP contribution in [-0.2, 0) is 19.6 Å². The normalized spacial score (nSPS) is 12.2. The molecule has 11 heteroatoms. The van der Waals surface area contributed by atoms with E-state index in [1.807, 2.05) is 30.3 Å². The number of carbonyl (C=O) groups excluding carboxylic acids is 3. The summed E-state index contributed by atoms with van der Waals surface area (Å²) >= 11 is 1.31. The Kier molecular flexibility index (Phi) is 9.92. The number of sulfonamides is 1. The molecule has 0 heterocycles. The highest BCUT2D eigenvalue weighted by molar-refractivity contribution is 8.00. The number of carbonyl (C=O) groups is 3. The van der Waals surface area contributed by atoms with Crippen LogP contribution in [0.3, 0.4) is 0 Å². The van der Waals surface area contributed by atoms with Crippen LogP contribution < -0.4 is 21.1 Å². The van der Waals surface area contributed by atoms with Gasteiger partial charge in [-0.3, -0.25) is 14.4 Å². The second-order valence-electron chi connectivity index (χ2n) is 9.09. The van der Waals surface area contributed by atoms with Gasteiger partial charge in [-0.15, -0.1) is 11.8 Å². The summed E-state index contributed by atoms with van der Waals surface area (Å²) in [5, 5.41) is 12.9. The van der Waals surface area contributed by atoms with Crippen LogP contribution in [0.25, 0.3) is 6.08 Å². The van der Waals surface area contributed by atoms with Crippen LogP contribution in [-0.4, -0.2) is 31.4 Å². The number of primary sulfonamides is 1. The molecule has 4 aromatic rings. The van der Waals surface area contributed by atoms with Crippen molar-refractivity contribution in [2.24, 2.45) is 5.14 Å². The maximum atomic E-state index is 13.2. The molecule has 0 fully saturated rings. The predicted molar refractivity (Wildman–Crippen MR) is 165 cm³/mol. The highest BCUT2D eigenvalue weighted by Crippen LogP contribution is 2.26. The van der Waals surface area contributed by atoms with E-state index in [1.54, 1.807) is 67.6 Å². The second-order valence-corrected chi connectivity index (χ2v) is 12.1. The monoisotopic (exact) mass is 600 g/mol. The van der Waals surface area contributed by atoms with E-state index in [9.17, 15) is 22.8 Å². The summed E-state index contributed by atoms with van der Waals surface area (Å²) in [5.74, 6) is -1.18. The fraction of sp³-hybridized carbons (Fsp3) is 0.0645. The number of benzene rings is 4. The minimum Gasteiger partial charge on any atom is -0.325 e. The van der Waals surface area contributed by atoms with Gasteiger partial charge in [-0.1, -0.05) is 48.5 Å². The first kappa shape index (κ1) is 30.3. The Morgan fingerprint density at radius 3 is 1.90 bits per heavy atom. The molecule has 1 atom stereocenters. The maximum Gasteiger partial charge on any atom is 0.272 e. The van der Waals surface area contributed by atoms with E-state index in [1.165, 1.54) is 36.0 Å². The zero-order valence-electron chi connectivity index (χ0n) is 22.5. The fourth-order valence-corrected chi connectivity index (χ4v) is 5.09. The van der Waals surface area contributed by atoms with Crippen LogP contribution in [0, 0.1) is 0 Å². The first-order chi connectivity index (χ1) is 20.1. The minimum atomic E-state index is -3.82. The zero-order valence-corrected chi connectivity index (χ0v) is 24.1. The van der Waals surface area contributed by atoms with Gasteiger partial charge in [0, 0.05) is 21.8 Å². The lowest BCUT2D eigenvalue weighted by atomic mass is 10.1. The Morgan fingerprint density at radius 2 is 1.31 bits per heavy atom. The maximum absolute atomic E-state index is 13.2. The molecule has 9 nitrogen and oxygen atoms in total. The average Bonchev–Trinajstić information content (AvgIpc) is 2.98. The van der Waals surface area contributed by atoms with Crippen molar-refractivity contribution < 1.29 is 22.8 Å². The Hall–Kier alpha value is -4.71. The summed E-state index contributed by atoms with van der Waals surface area (Å²) in [5.41, 5.74) is 2.19. The van der Waals surface area contributed by atoms with Gasteiger partial charge in [0.1, 0.15) is 5.70 Å². The Balaban J connectivity index is 1.39. The number of amides is 3. The molecule has 214 valence electrons. The Bertz CT molecular complexity index is 1690. The third-order valence-electron chi connectivity index (χ3n) is 5.88. The molecule has 0 saturated carbocycles. The van der Waals surface area contributed by atoms with Crippen LogP contribution in [0.5, 0.6) is 0 Å². The second kappa shape index (κ2) is 13.8. The number of hydrogen-bond acceptors (Lipinski definition) is 6. The molecule has 3 amide bonds. The third-order valence-corrected chi connectivity index (χ3v) is 7.93. The van der Waals surface area contributed by atoms with Gasteiger partial charge >= 0.3 is 0 Å². The van der Waals surface area contributed by atoms with Gasteiger partial charge in [-0.2, -0.15) is 0 Å². The van der Waals surface area contributed by atoms with Crippen molar-refractivity contribution in [3.63, 3.8) is 0 Å². The van der Waals surface area contributed by atoms with Crippen molar-refractivity contribution in [2.75, 3.05) is 10.6 Å². The van der Waals surface area contributed by atoms with E-state index in [0.29, 0.717) is 16.9 Å². The van der Waals surface area contributed by atoms with Crippen molar-refractivity contribution in [2.45, 2.75) is 22.0 Å². The van der Waals surface area contributed by atoms with Crippen LogP contribution >= 0.6 is 11.8 Å². The number of anilines is 2. The molecule has 0 aliphatic rings. The van der Waals surface area contributed by atoms with Gasteiger partial charge in [0.15, 0.2) is 0 Å². The largest absolute Gasteiger partial charge is 0.325 e. The summed E-state index contributed by atoms with van der Waals surface area (Å²) in [7, 11) is -3.82. The third kappa shape index (κ3) is 8.64. The van der Waals surface area contributed by atoms with Crippen LogP contribution in [0.1, 0.15) is 22.8 Å². The highest BCUT2D eigenvalue weighted by atomic mass is 32.2. The lowest BCUT2D eigenvalue weighted by Crippen LogP contribution is -2.30. The lowest BCUT2D eigenvalue weighted by molar-refractivity contribution is -0.115. The molecular weight excluding hydrogens is 572 g/mol. The average molecular weight is 601 g/mol. The smallest absolute Gasteiger partial charge is 0.272 e. The molecule has 0 spiro atoms.